The van der Waals surface area contributed by atoms with Crippen molar-refractivity contribution in [2.75, 3.05) is 6.67 Å². The third kappa shape index (κ3) is 1.92. The van der Waals surface area contributed by atoms with Gasteiger partial charge in [-0.1, -0.05) is 0 Å². The Balaban J connectivity index is 1.83. The Hall–Kier alpha value is -1.69. The summed E-state index contributed by atoms with van der Waals surface area (Å²) in [6, 6.07) is 2.53. The highest BCUT2D eigenvalue weighted by atomic mass is 19.1. The van der Waals surface area contributed by atoms with E-state index in [2.05, 4.69) is 5.10 Å². The second kappa shape index (κ2) is 4.20. The number of hydrazone groups is 1. The van der Waals surface area contributed by atoms with Crippen LogP contribution >= 0.6 is 0 Å². The quantitative estimate of drug-likeness (QED) is 0.764. The summed E-state index contributed by atoms with van der Waals surface area (Å²) < 4.78 is 26.8. The number of nitrogens with two attached hydrogens (primary N) is 1. The van der Waals surface area contributed by atoms with Crippen LogP contribution in [0.2, 0.25) is 0 Å². The van der Waals surface area contributed by atoms with Gasteiger partial charge in [0, 0.05) is 6.07 Å². The van der Waals surface area contributed by atoms with Gasteiger partial charge in [-0.05, 0) is 36.5 Å². The van der Waals surface area contributed by atoms with E-state index in [0.717, 1.165) is 18.1 Å². The van der Waals surface area contributed by atoms with Crippen molar-refractivity contribution < 1.29 is 8.78 Å². The van der Waals surface area contributed by atoms with E-state index in [1.54, 1.807) is 6.34 Å². The van der Waals surface area contributed by atoms with Gasteiger partial charge >= 0.3 is 0 Å². The number of hydrogen-bond acceptors (Lipinski definition) is 4. The van der Waals surface area contributed by atoms with Crippen molar-refractivity contribution in [1.29, 1.82) is 0 Å². The maximum absolute atomic E-state index is 13.6. The molecule has 3 rings (SSSR count). The minimum atomic E-state index is -0.516. The zero-order chi connectivity index (χ0) is 12.7. The summed E-state index contributed by atoms with van der Waals surface area (Å²) in [6.07, 6.45) is 3.58. The van der Waals surface area contributed by atoms with Crippen molar-refractivity contribution in [1.82, 2.24) is 10.0 Å². The number of hydrazine groups is 1. The normalized spacial score (nSPS) is 22.5. The van der Waals surface area contributed by atoms with Crippen molar-refractivity contribution in [2.45, 2.75) is 25.3 Å². The number of nitrogens with zero attached hydrogens (tertiary/aromatic N) is 3. The third-order valence-electron chi connectivity index (χ3n) is 3.51. The van der Waals surface area contributed by atoms with Gasteiger partial charge in [0.1, 0.15) is 24.6 Å². The van der Waals surface area contributed by atoms with E-state index in [-0.39, 0.29) is 6.04 Å². The molecule has 6 heteroatoms. The molecule has 2 N–H and O–H groups in total. The van der Waals surface area contributed by atoms with Crippen LogP contribution in [0.3, 0.4) is 0 Å². The maximum Gasteiger partial charge on any atom is 0.129 e. The molecule has 0 fully saturated rings. The summed E-state index contributed by atoms with van der Waals surface area (Å²) in [4.78, 5) is 0. The van der Waals surface area contributed by atoms with E-state index in [1.165, 1.54) is 11.1 Å². The SMILES string of the molecule is NN1C=NN(C2CCc3c(F)cc(F)cc3C2)C1. The molecule has 4 nitrogen and oxygen atoms in total. The lowest BCUT2D eigenvalue weighted by atomic mass is 9.87. The minimum Gasteiger partial charge on any atom is -0.278 e. The van der Waals surface area contributed by atoms with Crippen LogP contribution in [-0.2, 0) is 12.8 Å². The molecule has 96 valence electrons. The van der Waals surface area contributed by atoms with E-state index < -0.39 is 11.6 Å². The Bertz CT molecular complexity index is 503. The van der Waals surface area contributed by atoms with Gasteiger partial charge in [-0.2, -0.15) is 5.10 Å². The van der Waals surface area contributed by atoms with Crippen LogP contribution in [0.4, 0.5) is 8.78 Å². The average Bonchev–Trinajstić information content (AvgIpc) is 2.75. The average molecular weight is 252 g/mol. The predicted octanol–water partition coefficient (Wildman–Crippen LogP) is 1.21. The minimum absolute atomic E-state index is 0.156. The smallest absolute Gasteiger partial charge is 0.129 e. The highest BCUT2D eigenvalue weighted by Gasteiger charge is 2.28. The molecule has 0 amide bonds. The van der Waals surface area contributed by atoms with E-state index in [0.29, 0.717) is 25.1 Å². The molecular weight excluding hydrogens is 238 g/mol. The summed E-state index contributed by atoms with van der Waals surface area (Å²) in [5.74, 6) is 4.64. The van der Waals surface area contributed by atoms with Crippen molar-refractivity contribution in [3.63, 3.8) is 0 Å². The monoisotopic (exact) mass is 252 g/mol. The molecule has 0 saturated heterocycles. The first kappa shape index (κ1) is 11.4. The highest BCUT2D eigenvalue weighted by molar-refractivity contribution is 5.55. The molecule has 0 radical (unpaired) electrons. The van der Waals surface area contributed by atoms with Crippen LogP contribution in [-0.4, -0.2) is 29.1 Å². The van der Waals surface area contributed by atoms with Crippen LogP contribution in [0.25, 0.3) is 0 Å². The Morgan fingerprint density at radius 1 is 1.33 bits per heavy atom. The van der Waals surface area contributed by atoms with Gasteiger partial charge < -0.3 is 0 Å². The molecule has 18 heavy (non-hydrogen) atoms. The molecular formula is C12H14F2N4. The van der Waals surface area contributed by atoms with E-state index in [1.807, 2.05) is 5.01 Å². The number of rotatable bonds is 1. The summed E-state index contributed by atoms with van der Waals surface area (Å²) in [5.41, 5.74) is 1.38. The van der Waals surface area contributed by atoms with Gasteiger partial charge in [0.05, 0.1) is 6.04 Å². The molecule has 2 aliphatic rings. The van der Waals surface area contributed by atoms with Crippen molar-refractivity contribution in [2.24, 2.45) is 10.9 Å². The number of halogens is 2. The zero-order valence-corrected chi connectivity index (χ0v) is 9.81. The van der Waals surface area contributed by atoms with Crippen LogP contribution < -0.4 is 5.84 Å². The number of benzene rings is 1. The Kier molecular flexibility index (Phi) is 2.66. The van der Waals surface area contributed by atoms with E-state index in [9.17, 15) is 8.78 Å². The van der Waals surface area contributed by atoms with Crippen molar-refractivity contribution in [3.8, 4) is 0 Å². The lowest BCUT2D eigenvalue weighted by Gasteiger charge is -2.31. The molecule has 1 atom stereocenters. The second-order valence-electron chi connectivity index (χ2n) is 4.75. The molecule has 0 bridgehead atoms. The van der Waals surface area contributed by atoms with Gasteiger partial charge in [0.15, 0.2) is 0 Å². The standard InChI is InChI=1S/C12H14F2N4/c13-9-3-8-4-10(18-7-17(15)6-16-18)1-2-11(8)12(14)5-9/h3,5-6,10H,1-2,4,7,15H2. The number of hydrogen-bond donors (Lipinski definition) is 1. The van der Waals surface area contributed by atoms with Crippen LogP contribution in [0.1, 0.15) is 17.5 Å². The molecule has 1 heterocycles. The van der Waals surface area contributed by atoms with E-state index >= 15 is 0 Å². The Labute approximate surface area is 104 Å². The Morgan fingerprint density at radius 3 is 2.89 bits per heavy atom. The fourth-order valence-corrected chi connectivity index (χ4v) is 2.62. The highest BCUT2D eigenvalue weighted by Crippen LogP contribution is 2.28. The summed E-state index contributed by atoms with van der Waals surface area (Å²) in [5, 5.41) is 7.53. The first-order valence-corrected chi connectivity index (χ1v) is 5.92. The second-order valence-corrected chi connectivity index (χ2v) is 4.75. The maximum atomic E-state index is 13.6. The zero-order valence-electron chi connectivity index (χ0n) is 9.81. The van der Waals surface area contributed by atoms with Gasteiger partial charge in [-0.25, -0.2) is 14.6 Å². The topological polar surface area (TPSA) is 44.9 Å². The predicted molar refractivity (Wildman–Crippen MR) is 63.4 cm³/mol. The van der Waals surface area contributed by atoms with Gasteiger partial charge in [0.25, 0.3) is 0 Å². The van der Waals surface area contributed by atoms with Crippen LogP contribution in [0.5, 0.6) is 0 Å². The molecule has 0 saturated carbocycles. The van der Waals surface area contributed by atoms with Crippen molar-refractivity contribution >= 4 is 6.34 Å². The van der Waals surface area contributed by atoms with Gasteiger partial charge in [0.2, 0.25) is 0 Å². The summed E-state index contributed by atoms with van der Waals surface area (Å²) >= 11 is 0. The van der Waals surface area contributed by atoms with E-state index in [4.69, 9.17) is 5.84 Å². The molecule has 1 unspecified atom stereocenters. The van der Waals surface area contributed by atoms with Crippen LogP contribution in [0.15, 0.2) is 17.2 Å². The fourth-order valence-electron chi connectivity index (χ4n) is 2.62. The molecule has 1 aromatic rings. The number of fused-ring (bicyclic) bond motifs is 1. The fraction of sp³-hybridized carbons (Fsp3) is 0.417. The molecule has 0 aromatic heterocycles. The molecule has 1 aromatic carbocycles. The summed E-state index contributed by atoms with van der Waals surface area (Å²) in [6.45, 7) is 0.526. The van der Waals surface area contributed by atoms with Gasteiger partial charge in [-0.3, -0.25) is 10.0 Å². The lowest BCUT2D eigenvalue weighted by molar-refractivity contribution is 0.158. The molecule has 0 spiro atoms. The first-order chi connectivity index (χ1) is 8.63. The molecule has 1 aliphatic carbocycles. The van der Waals surface area contributed by atoms with Crippen LogP contribution in [0, 0.1) is 11.6 Å². The first-order valence-electron chi connectivity index (χ1n) is 5.92. The van der Waals surface area contributed by atoms with Crippen molar-refractivity contribution in [3.05, 3.63) is 34.9 Å². The molecule has 1 aliphatic heterocycles. The largest absolute Gasteiger partial charge is 0.278 e. The summed E-state index contributed by atoms with van der Waals surface area (Å²) in [7, 11) is 0. The van der Waals surface area contributed by atoms with Gasteiger partial charge in [-0.15, -0.1) is 0 Å². The third-order valence-corrected chi connectivity index (χ3v) is 3.51. The lowest BCUT2D eigenvalue weighted by Crippen LogP contribution is -2.40. The Morgan fingerprint density at radius 2 is 2.17 bits per heavy atom.